The van der Waals surface area contributed by atoms with Crippen molar-refractivity contribution in [2.45, 2.75) is 38.1 Å². The molecule has 0 spiro atoms. The van der Waals surface area contributed by atoms with Crippen LogP contribution in [0.2, 0.25) is 0 Å². The first-order chi connectivity index (χ1) is 13.5. The highest BCUT2D eigenvalue weighted by molar-refractivity contribution is 6.05. The SMILES string of the molecule is CN(Cc1cccc2c1CN(C1CCC(=O)NC1=O)C2=O)CC1CNCCO1. The van der Waals surface area contributed by atoms with Gasteiger partial charge in [0.1, 0.15) is 6.04 Å². The van der Waals surface area contributed by atoms with Crippen LogP contribution in [0.15, 0.2) is 18.2 Å². The summed E-state index contributed by atoms with van der Waals surface area (Å²) in [5.74, 6) is -0.779. The molecule has 1 aromatic rings. The summed E-state index contributed by atoms with van der Waals surface area (Å²) in [6, 6.07) is 5.18. The van der Waals surface area contributed by atoms with Gasteiger partial charge in [-0.1, -0.05) is 12.1 Å². The molecular formula is C20H26N4O4. The topological polar surface area (TPSA) is 91.0 Å². The van der Waals surface area contributed by atoms with Crippen molar-refractivity contribution >= 4 is 17.7 Å². The van der Waals surface area contributed by atoms with Gasteiger partial charge in [-0.25, -0.2) is 0 Å². The normalized spacial score (nSPS) is 25.2. The first-order valence-corrected chi connectivity index (χ1v) is 9.79. The molecule has 3 amide bonds. The highest BCUT2D eigenvalue weighted by atomic mass is 16.5. The molecular weight excluding hydrogens is 360 g/mol. The van der Waals surface area contributed by atoms with Gasteiger partial charge in [-0.3, -0.25) is 24.6 Å². The number of rotatable bonds is 5. The van der Waals surface area contributed by atoms with E-state index >= 15 is 0 Å². The smallest absolute Gasteiger partial charge is 0.255 e. The van der Waals surface area contributed by atoms with E-state index in [1.807, 2.05) is 25.2 Å². The lowest BCUT2D eigenvalue weighted by Crippen LogP contribution is -2.52. The number of imide groups is 1. The molecule has 2 fully saturated rings. The zero-order chi connectivity index (χ0) is 19.7. The standard InChI is InChI=1S/C20H26N4O4/c1-23(11-14-9-21-7-8-28-14)10-13-3-2-4-15-16(13)12-24(20(15)27)17-5-6-18(25)22-19(17)26/h2-4,14,17,21H,5-12H2,1H3,(H,22,25,26). The third-order valence-corrected chi connectivity index (χ3v) is 5.64. The number of hydrogen-bond donors (Lipinski definition) is 2. The molecule has 0 aliphatic carbocycles. The van der Waals surface area contributed by atoms with Gasteiger partial charge in [0.2, 0.25) is 11.8 Å². The quantitative estimate of drug-likeness (QED) is 0.685. The van der Waals surface area contributed by atoms with Crippen LogP contribution in [0.3, 0.4) is 0 Å². The molecule has 0 saturated carbocycles. The zero-order valence-corrected chi connectivity index (χ0v) is 16.1. The van der Waals surface area contributed by atoms with E-state index in [4.69, 9.17) is 4.74 Å². The van der Waals surface area contributed by atoms with E-state index in [-0.39, 0.29) is 30.2 Å². The minimum atomic E-state index is -0.579. The van der Waals surface area contributed by atoms with Crippen LogP contribution in [0.25, 0.3) is 0 Å². The van der Waals surface area contributed by atoms with Crippen LogP contribution in [-0.4, -0.2) is 73.0 Å². The van der Waals surface area contributed by atoms with Gasteiger partial charge in [-0.2, -0.15) is 0 Å². The summed E-state index contributed by atoms with van der Waals surface area (Å²) in [4.78, 5) is 40.3. The molecule has 0 bridgehead atoms. The van der Waals surface area contributed by atoms with Crippen molar-refractivity contribution in [2.75, 3.05) is 33.3 Å². The summed E-state index contributed by atoms with van der Waals surface area (Å²) in [6.07, 6.45) is 0.810. The van der Waals surface area contributed by atoms with Crippen LogP contribution in [0.1, 0.15) is 34.3 Å². The monoisotopic (exact) mass is 386 g/mol. The van der Waals surface area contributed by atoms with Crippen molar-refractivity contribution in [1.29, 1.82) is 0 Å². The van der Waals surface area contributed by atoms with Crippen molar-refractivity contribution in [3.8, 4) is 0 Å². The van der Waals surface area contributed by atoms with Crippen molar-refractivity contribution in [1.82, 2.24) is 20.4 Å². The average molecular weight is 386 g/mol. The molecule has 0 aromatic heterocycles. The molecule has 0 radical (unpaired) electrons. The Morgan fingerprint density at radius 3 is 2.89 bits per heavy atom. The predicted molar refractivity (Wildman–Crippen MR) is 101 cm³/mol. The molecule has 8 nitrogen and oxygen atoms in total. The summed E-state index contributed by atoms with van der Waals surface area (Å²) < 4.78 is 5.77. The fourth-order valence-corrected chi connectivity index (χ4v) is 4.24. The molecule has 150 valence electrons. The Hall–Kier alpha value is -2.29. The number of piperidine rings is 1. The number of amides is 3. The van der Waals surface area contributed by atoms with Gasteiger partial charge < -0.3 is 15.0 Å². The van der Waals surface area contributed by atoms with E-state index in [1.54, 1.807) is 4.90 Å². The molecule has 3 heterocycles. The lowest BCUT2D eigenvalue weighted by molar-refractivity contribution is -0.136. The Bertz CT molecular complexity index is 790. The summed E-state index contributed by atoms with van der Waals surface area (Å²) >= 11 is 0. The van der Waals surface area contributed by atoms with E-state index < -0.39 is 6.04 Å². The maximum Gasteiger partial charge on any atom is 0.255 e. The fraction of sp³-hybridized carbons (Fsp3) is 0.550. The summed E-state index contributed by atoms with van der Waals surface area (Å²) in [5, 5.41) is 5.68. The third-order valence-electron chi connectivity index (χ3n) is 5.64. The second-order valence-electron chi connectivity index (χ2n) is 7.74. The fourth-order valence-electron chi connectivity index (χ4n) is 4.24. The van der Waals surface area contributed by atoms with E-state index in [9.17, 15) is 14.4 Å². The number of carbonyl (C=O) groups excluding carboxylic acids is 3. The molecule has 2 N–H and O–H groups in total. The average Bonchev–Trinajstić information content (AvgIpc) is 3.00. The van der Waals surface area contributed by atoms with Gasteiger partial charge in [0.05, 0.1) is 12.7 Å². The first-order valence-electron chi connectivity index (χ1n) is 9.79. The molecule has 8 heteroatoms. The third kappa shape index (κ3) is 3.80. The molecule has 4 rings (SSSR count). The molecule has 2 unspecified atom stereocenters. The number of ether oxygens (including phenoxy) is 1. The van der Waals surface area contributed by atoms with Crippen LogP contribution in [0.5, 0.6) is 0 Å². The van der Waals surface area contributed by atoms with Crippen molar-refractivity contribution in [2.24, 2.45) is 0 Å². The van der Waals surface area contributed by atoms with Crippen LogP contribution in [0, 0.1) is 0 Å². The lowest BCUT2D eigenvalue weighted by atomic mass is 10.0. The maximum absolute atomic E-state index is 12.9. The lowest BCUT2D eigenvalue weighted by Gasteiger charge is -2.29. The number of likely N-dealkylation sites (N-methyl/N-ethyl adjacent to an activating group) is 1. The molecule has 3 aliphatic rings. The largest absolute Gasteiger partial charge is 0.374 e. The van der Waals surface area contributed by atoms with Crippen molar-refractivity contribution < 1.29 is 19.1 Å². The number of nitrogens with one attached hydrogen (secondary N) is 2. The molecule has 3 aliphatic heterocycles. The summed E-state index contributed by atoms with van der Waals surface area (Å²) in [5.41, 5.74) is 2.73. The second-order valence-corrected chi connectivity index (χ2v) is 7.74. The van der Waals surface area contributed by atoms with Crippen molar-refractivity contribution in [3.63, 3.8) is 0 Å². The van der Waals surface area contributed by atoms with Crippen molar-refractivity contribution in [3.05, 3.63) is 34.9 Å². The Labute approximate surface area is 164 Å². The van der Waals surface area contributed by atoms with E-state index in [0.717, 1.165) is 37.4 Å². The molecule has 1 aromatic carbocycles. The highest BCUT2D eigenvalue weighted by Crippen LogP contribution is 2.30. The Morgan fingerprint density at radius 1 is 1.29 bits per heavy atom. The number of morpholine rings is 1. The molecule has 2 atom stereocenters. The van der Waals surface area contributed by atoms with Crippen LogP contribution >= 0.6 is 0 Å². The van der Waals surface area contributed by atoms with E-state index in [2.05, 4.69) is 15.5 Å². The molecule has 2 saturated heterocycles. The van der Waals surface area contributed by atoms with Gasteiger partial charge in [-0.05, 0) is 30.7 Å². The van der Waals surface area contributed by atoms with Gasteiger partial charge >= 0.3 is 0 Å². The Kier molecular flexibility index (Phi) is 5.43. The minimum absolute atomic E-state index is 0.131. The number of nitrogens with zero attached hydrogens (tertiary/aromatic N) is 2. The van der Waals surface area contributed by atoms with E-state index in [1.165, 1.54) is 0 Å². The maximum atomic E-state index is 12.9. The summed E-state index contributed by atoms with van der Waals surface area (Å²) in [6.45, 7) is 4.39. The minimum Gasteiger partial charge on any atom is -0.374 e. The second kappa shape index (κ2) is 7.98. The summed E-state index contributed by atoms with van der Waals surface area (Å²) in [7, 11) is 2.05. The zero-order valence-electron chi connectivity index (χ0n) is 16.1. The van der Waals surface area contributed by atoms with Crippen LogP contribution in [0.4, 0.5) is 0 Å². The van der Waals surface area contributed by atoms with Gasteiger partial charge in [0.25, 0.3) is 5.91 Å². The number of carbonyl (C=O) groups is 3. The van der Waals surface area contributed by atoms with Crippen LogP contribution in [-0.2, 0) is 27.4 Å². The predicted octanol–water partition coefficient (Wildman–Crippen LogP) is -0.132. The number of benzene rings is 1. The van der Waals surface area contributed by atoms with Gasteiger partial charge in [-0.15, -0.1) is 0 Å². The first kappa shape index (κ1) is 19.0. The number of fused-ring (bicyclic) bond motifs is 1. The van der Waals surface area contributed by atoms with Gasteiger partial charge in [0, 0.05) is 44.7 Å². The Balaban J connectivity index is 1.46. The Morgan fingerprint density at radius 2 is 2.14 bits per heavy atom. The number of hydrogen-bond acceptors (Lipinski definition) is 6. The highest BCUT2D eigenvalue weighted by Gasteiger charge is 2.39. The van der Waals surface area contributed by atoms with Crippen LogP contribution < -0.4 is 10.6 Å². The van der Waals surface area contributed by atoms with Gasteiger partial charge in [0.15, 0.2) is 0 Å². The van der Waals surface area contributed by atoms with E-state index in [0.29, 0.717) is 25.1 Å². The molecule has 28 heavy (non-hydrogen) atoms.